The highest BCUT2D eigenvalue weighted by molar-refractivity contribution is 5.83. The smallest absolute Gasteiger partial charge is 0.162 e. The van der Waals surface area contributed by atoms with Gasteiger partial charge in [-0.3, -0.25) is 4.79 Å². The zero-order chi connectivity index (χ0) is 11.8. The fraction of sp³-hybridized carbons (Fsp3) is 0.923. The van der Waals surface area contributed by atoms with Crippen LogP contribution in [0, 0.1) is 0 Å². The second kappa shape index (κ2) is 7.80. The van der Waals surface area contributed by atoms with Gasteiger partial charge in [0, 0.05) is 19.5 Å². The molecule has 3 nitrogen and oxygen atoms in total. The minimum Gasteiger partial charge on any atom is -0.368 e. The first-order chi connectivity index (χ1) is 7.74. The highest BCUT2D eigenvalue weighted by atomic mass is 16.5. The molecule has 1 rings (SSSR count). The lowest BCUT2D eigenvalue weighted by atomic mass is 10.1. The van der Waals surface area contributed by atoms with E-state index >= 15 is 0 Å². The molecule has 0 aromatic rings. The van der Waals surface area contributed by atoms with Crippen LogP contribution < -0.4 is 0 Å². The highest BCUT2D eigenvalue weighted by Gasteiger charge is 2.23. The Kier molecular flexibility index (Phi) is 6.65. The van der Waals surface area contributed by atoms with Crippen molar-refractivity contribution < 1.29 is 9.53 Å². The first-order valence-corrected chi connectivity index (χ1v) is 6.57. The largest absolute Gasteiger partial charge is 0.368 e. The van der Waals surface area contributed by atoms with Crippen molar-refractivity contribution in [1.29, 1.82) is 0 Å². The number of carbonyl (C=O) groups excluding carboxylic acids is 1. The lowest BCUT2D eigenvalue weighted by molar-refractivity contribution is -0.135. The van der Waals surface area contributed by atoms with Crippen molar-refractivity contribution in [3.63, 3.8) is 0 Å². The topological polar surface area (TPSA) is 29.5 Å². The third kappa shape index (κ3) is 5.08. The van der Waals surface area contributed by atoms with Gasteiger partial charge in [0.05, 0.1) is 6.61 Å². The number of likely N-dealkylation sites (N-methyl/N-ethyl adjacent to an activating group) is 1. The highest BCUT2D eigenvalue weighted by Crippen LogP contribution is 2.10. The number of ether oxygens (including phenoxy) is 1. The summed E-state index contributed by atoms with van der Waals surface area (Å²) in [5.41, 5.74) is 0. The quantitative estimate of drug-likeness (QED) is 0.625. The fourth-order valence-corrected chi connectivity index (χ4v) is 2.04. The van der Waals surface area contributed by atoms with Crippen LogP contribution in [0.2, 0.25) is 0 Å². The number of hydrogen-bond donors (Lipinski definition) is 0. The molecular formula is C13H25NO2. The molecule has 0 spiro atoms. The third-order valence-corrected chi connectivity index (χ3v) is 3.16. The minimum atomic E-state index is -0.162. The van der Waals surface area contributed by atoms with E-state index in [0.717, 1.165) is 19.5 Å². The molecule has 0 radical (unpaired) electrons. The molecule has 1 aliphatic rings. The summed E-state index contributed by atoms with van der Waals surface area (Å²) in [5.74, 6) is 0.294. The van der Waals surface area contributed by atoms with Crippen LogP contribution in [0.25, 0.3) is 0 Å². The van der Waals surface area contributed by atoms with Gasteiger partial charge in [0.1, 0.15) is 6.10 Å². The third-order valence-electron chi connectivity index (χ3n) is 3.16. The summed E-state index contributed by atoms with van der Waals surface area (Å²) < 4.78 is 5.50. The lowest BCUT2D eigenvalue weighted by Gasteiger charge is -2.29. The Bertz CT molecular complexity index is 206. The van der Waals surface area contributed by atoms with Crippen molar-refractivity contribution in [2.75, 3.05) is 26.7 Å². The van der Waals surface area contributed by atoms with Crippen molar-refractivity contribution >= 4 is 5.78 Å². The SMILES string of the molecule is CCCCCCCC(=O)C1CN(C)CCO1. The second-order valence-electron chi connectivity index (χ2n) is 4.75. The Labute approximate surface area is 99.1 Å². The van der Waals surface area contributed by atoms with E-state index in [4.69, 9.17) is 4.74 Å². The van der Waals surface area contributed by atoms with Crippen molar-refractivity contribution in [1.82, 2.24) is 4.90 Å². The number of nitrogens with zero attached hydrogens (tertiary/aromatic N) is 1. The Morgan fingerprint density at radius 2 is 2.06 bits per heavy atom. The summed E-state index contributed by atoms with van der Waals surface area (Å²) in [6.45, 7) is 4.62. The summed E-state index contributed by atoms with van der Waals surface area (Å²) in [7, 11) is 2.05. The van der Waals surface area contributed by atoms with Crippen LogP contribution in [0.5, 0.6) is 0 Å². The van der Waals surface area contributed by atoms with Gasteiger partial charge in [-0.25, -0.2) is 0 Å². The molecule has 0 bridgehead atoms. The van der Waals surface area contributed by atoms with Crippen molar-refractivity contribution in [3.8, 4) is 0 Å². The molecule has 0 aromatic heterocycles. The summed E-state index contributed by atoms with van der Waals surface area (Å²) in [5, 5.41) is 0. The maximum Gasteiger partial charge on any atom is 0.162 e. The molecule has 0 aliphatic carbocycles. The molecule has 1 atom stereocenters. The molecule has 3 heteroatoms. The molecule has 1 fully saturated rings. The standard InChI is InChI=1S/C13H25NO2/c1-3-4-5-6-7-8-12(15)13-11-14(2)9-10-16-13/h13H,3-11H2,1-2H3. The van der Waals surface area contributed by atoms with Gasteiger partial charge in [0.2, 0.25) is 0 Å². The molecule has 0 aromatic carbocycles. The Morgan fingerprint density at radius 3 is 2.75 bits per heavy atom. The van der Waals surface area contributed by atoms with Gasteiger partial charge < -0.3 is 9.64 Å². The van der Waals surface area contributed by atoms with E-state index in [2.05, 4.69) is 11.8 Å². The van der Waals surface area contributed by atoms with Crippen LogP contribution in [-0.2, 0) is 9.53 Å². The van der Waals surface area contributed by atoms with Crippen molar-refractivity contribution in [3.05, 3.63) is 0 Å². The predicted octanol–water partition coefficient (Wildman–Crippen LogP) is 2.25. The van der Waals surface area contributed by atoms with Crippen LogP contribution >= 0.6 is 0 Å². The first-order valence-electron chi connectivity index (χ1n) is 6.57. The zero-order valence-corrected chi connectivity index (χ0v) is 10.7. The monoisotopic (exact) mass is 227 g/mol. The van der Waals surface area contributed by atoms with E-state index < -0.39 is 0 Å². The lowest BCUT2D eigenvalue weighted by Crippen LogP contribution is -2.44. The fourth-order valence-electron chi connectivity index (χ4n) is 2.04. The average Bonchev–Trinajstić information content (AvgIpc) is 2.28. The van der Waals surface area contributed by atoms with Gasteiger partial charge in [-0.15, -0.1) is 0 Å². The number of carbonyl (C=O) groups is 1. The summed E-state index contributed by atoms with van der Waals surface area (Å²) in [6, 6.07) is 0. The number of rotatable bonds is 7. The van der Waals surface area contributed by atoms with E-state index in [1.54, 1.807) is 0 Å². The number of hydrogen-bond acceptors (Lipinski definition) is 3. The number of unbranched alkanes of at least 4 members (excludes halogenated alkanes) is 4. The molecule has 1 unspecified atom stereocenters. The van der Waals surface area contributed by atoms with Crippen LogP contribution in [0.3, 0.4) is 0 Å². The van der Waals surface area contributed by atoms with E-state index in [9.17, 15) is 4.79 Å². The van der Waals surface area contributed by atoms with Gasteiger partial charge in [0.15, 0.2) is 5.78 Å². The maximum atomic E-state index is 11.8. The normalized spacial score (nSPS) is 22.2. The first kappa shape index (κ1) is 13.7. The Balaban J connectivity index is 2.09. The Morgan fingerprint density at radius 1 is 1.31 bits per heavy atom. The molecule has 1 saturated heterocycles. The number of Topliss-reactive ketones (excluding diaryl/α,β-unsaturated/α-hetero) is 1. The van der Waals surface area contributed by atoms with Crippen LogP contribution in [0.15, 0.2) is 0 Å². The van der Waals surface area contributed by atoms with Crippen molar-refractivity contribution in [2.45, 2.75) is 51.6 Å². The molecule has 0 amide bonds. The maximum absolute atomic E-state index is 11.8. The van der Waals surface area contributed by atoms with Crippen LogP contribution in [0.1, 0.15) is 45.4 Å². The molecular weight excluding hydrogens is 202 g/mol. The van der Waals surface area contributed by atoms with Gasteiger partial charge in [-0.05, 0) is 13.5 Å². The number of ketones is 1. The molecule has 0 saturated carbocycles. The zero-order valence-electron chi connectivity index (χ0n) is 10.7. The van der Waals surface area contributed by atoms with E-state index in [0.29, 0.717) is 18.8 Å². The molecule has 94 valence electrons. The molecule has 0 N–H and O–H groups in total. The molecule has 1 heterocycles. The summed E-state index contributed by atoms with van der Waals surface area (Å²) in [4.78, 5) is 14.0. The van der Waals surface area contributed by atoms with Gasteiger partial charge in [-0.2, -0.15) is 0 Å². The predicted molar refractivity (Wildman–Crippen MR) is 65.6 cm³/mol. The van der Waals surface area contributed by atoms with E-state index in [-0.39, 0.29) is 6.10 Å². The summed E-state index contributed by atoms with van der Waals surface area (Å²) in [6.07, 6.45) is 6.55. The van der Waals surface area contributed by atoms with E-state index in [1.165, 1.54) is 25.7 Å². The average molecular weight is 227 g/mol. The number of morpholine rings is 1. The van der Waals surface area contributed by atoms with Crippen molar-refractivity contribution in [2.24, 2.45) is 0 Å². The van der Waals surface area contributed by atoms with Gasteiger partial charge in [-0.1, -0.05) is 32.6 Å². The van der Waals surface area contributed by atoms with Crippen LogP contribution in [-0.4, -0.2) is 43.5 Å². The van der Waals surface area contributed by atoms with E-state index in [1.807, 2.05) is 7.05 Å². The minimum absolute atomic E-state index is 0.162. The Hall–Kier alpha value is -0.410. The summed E-state index contributed by atoms with van der Waals surface area (Å²) >= 11 is 0. The second-order valence-corrected chi connectivity index (χ2v) is 4.75. The van der Waals surface area contributed by atoms with Gasteiger partial charge >= 0.3 is 0 Å². The van der Waals surface area contributed by atoms with Gasteiger partial charge in [0.25, 0.3) is 0 Å². The molecule has 16 heavy (non-hydrogen) atoms. The van der Waals surface area contributed by atoms with Crippen LogP contribution in [0.4, 0.5) is 0 Å². The molecule has 1 aliphatic heterocycles.